The van der Waals surface area contributed by atoms with Crippen molar-refractivity contribution in [3.05, 3.63) is 10.5 Å². The maximum atomic E-state index is 5.33. The predicted molar refractivity (Wildman–Crippen MR) is 62.6 cm³/mol. The van der Waals surface area contributed by atoms with E-state index in [1.165, 1.54) is 0 Å². The molecule has 0 saturated carbocycles. The second kappa shape index (κ2) is 8.03. The van der Waals surface area contributed by atoms with Gasteiger partial charge in [0.2, 0.25) is 0 Å². The number of hydrogen-bond acceptors (Lipinski definition) is 1. The molecule has 0 aliphatic rings. The van der Waals surface area contributed by atoms with E-state index in [0.29, 0.717) is 0 Å². The Balaban J connectivity index is 3.43. The van der Waals surface area contributed by atoms with E-state index in [0.717, 1.165) is 24.1 Å². The lowest BCUT2D eigenvalue weighted by molar-refractivity contribution is 0.236. The topological polar surface area (TPSA) is 9.23 Å². The molecule has 0 aliphatic heterocycles. The van der Waals surface area contributed by atoms with Crippen LogP contribution in [-0.4, -0.2) is 6.61 Å². The Bertz CT molecular complexity index is 127. The number of unbranched alkanes of at least 4 members (excludes halogenated alkanes) is 1. The molecule has 0 saturated heterocycles. The van der Waals surface area contributed by atoms with Crippen LogP contribution in [0, 0.1) is 0 Å². The van der Waals surface area contributed by atoms with Crippen LogP contribution in [0.3, 0.4) is 0 Å². The van der Waals surface area contributed by atoms with Crippen molar-refractivity contribution in [3.8, 4) is 0 Å². The largest absolute Gasteiger partial charge is 0.487 e. The Kier molecular flexibility index (Phi) is 9.06. The third kappa shape index (κ3) is 9.32. The summed E-state index contributed by atoms with van der Waals surface area (Å²) < 4.78 is 6.14. The molecule has 0 amide bonds. The van der Waals surface area contributed by atoms with Crippen LogP contribution in [0.1, 0.15) is 19.8 Å². The van der Waals surface area contributed by atoms with E-state index in [1.807, 2.05) is 5.82 Å². The van der Waals surface area contributed by atoms with E-state index in [2.05, 4.69) is 53.8 Å². The second-order valence-corrected chi connectivity index (χ2v) is 10.9. The molecule has 66 valence electrons. The Morgan fingerprint density at radius 3 is 2.64 bits per heavy atom. The molecular weight excluding hydrogens is 359 g/mol. The van der Waals surface area contributed by atoms with E-state index in [1.54, 1.807) is 0 Å². The zero-order chi connectivity index (χ0) is 8.69. The molecule has 0 N–H and O–H groups in total. The Labute approximate surface area is 93.3 Å². The minimum atomic E-state index is -0.370. The van der Waals surface area contributed by atoms with Gasteiger partial charge in [0, 0.05) is 5.82 Å². The highest BCUT2D eigenvalue weighted by molar-refractivity contribution is 9.69. The fraction of sp³-hybridized carbons (Fsp3) is 0.667. The molecule has 5 heteroatoms. The quantitative estimate of drug-likeness (QED) is 0.373. The number of rotatable bonds is 5. The van der Waals surface area contributed by atoms with E-state index in [-0.39, 0.29) is 5.33 Å². The average Bonchev–Trinajstić information content (AvgIpc) is 1.86. The Morgan fingerprint density at radius 1 is 1.55 bits per heavy atom. The summed E-state index contributed by atoms with van der Waals surface area (Å²) in [5.74, 6) is 1.96. The van der Waals surface area contributed by atoms with Crippen LogP contribution < -0.4 is 0 Å². The summed E-state index contributed by atoms with van der Waals surface area (Å²) in [6.07, 6.45) is 2.27. The molecule has 0 aliphatic carbocycles. The van der Waals surface area contributed by atoms with Crippen molar-refractivity contribution >= 4 is 52.2 Å². The van der Waals surface area contributed by atoms with Gasteiger partial charge in [0.15, 0.2) is 4.67 Å². The van der Waals surface area contributed by atoms with Crippen molar-refractivity contribution in [3.63, 3.8) is 0 Å². The first-order chi connectivity index (χ1) is 5.16. The summed E-state index contributed by atoms with van der Waals surface area (Å²) in [6.45, 7) is 2.93. The number of hydrogen-bond donors (Lipinski definition) is 0. The predicted octanol–water partition coefficient (Wildman–Crippen LogP) is 5.10. The summed E-state index contributed by atoms with van der Waals surface area (Å²) in [6, 6.07) is 0. The fourth-order valence-electron chi connectivity index (χ4n) is 0.428. The molecule has 11 heavy (non-hydrogen) atoms. The monoisotopic (exact) mass is 366 g/mol. The van der Waals surface area contributed by atoms with Gasteiger partial charge in [0.1, 0.15) is 0 Å². The van der Waals surface area contributed by atoms with Gasteiger partial charge in [-0.15, -0.1) is 0 Å². The van der Waals surface area contributed by atoms with Crippen LogP contribution in [0.4, 0.5) is 0 Å². The molecule has 0 aromatic rings. The van der Waals surface area contributed by atoms with Crippen molar-refractivity contribution in [2.45, 2.75) is 19.8 Å². The van der Waals surface area contributed by atoms with Crippen LogP contribution in [-0.2, 0) is 4.74 Å². The molecule has 0 spiro atoms. The SMILES string of the molecule is CCCCO/C(Br)=C/P(Br)Br. The van der Waals surface area contributed by atoms with Gasteiger partial charge in [-0.1, -0.05) is 13.3 Å². The minimum Gasteiger partial charge on any atom is -0.487 e. The molecule has 0 bridgehead atoms. The Hall–Kier alpha value is 1.41. The highest BCUT2D eigenvalue weighted by Crippen LogP contribution is 2.54. The average molecular weight is 369 g/mol. The van der Waals surface area contributed by atoms with Crippen molar-refractivity contribution in [1.82, 2.24) is 0 Å². The highest BCUT2D eigenvalue weighted by Gasteiger charge is 1.96. The lowest BCUT2D eigenvalue weighted by atomic mass is 10.4. The maximum absolute atomic E-state index is 5.33. The fourth-order valence-corrected chi connectivity index (χ4v) is 4.20. The molecule has 0 unspecified atom stereocenters. The van der Waals surface area contributed by atoms with Gasteiger partial charge in [-0.05, 0) is 53.3 Å². The van der Waals surface area contributed by atoms with Crippen molar-refractivity contribution in [2.75, 3.05) is 6.61 Å². The molecule has 0 atom stereocenters. The van der Waals surface area contributed by atoms with Crippen LogP contribution in [0.2, 0.25) is 0 Å². The molecule has 0 fully saturated rings. The zero-order valence-corrected chi connectivity index (χ0v) is 11.8. The first-order valence-corrected chi connectivity index (χ1v) is 9.52. The van der Waals surface area contributed by atoms with Crippen LogP contribution in [0.5, 0.6) is 0 Å². The maximum Gasteiger partial charge on any atom is 0.164 e. The van der Waals surface area contributed by atoms with Crippen LogP contribution in [0.25, 0.3) is 0 Å². The number of halogens is 3. The summed E-state index contributed by atoms with van der Waals surface area (Å²) in [7, 11) is 0. The van der Waals surface area contributed by atoms with E-state index in [4.69, 9.17) is 4.74 Å². The molecule has 0 aromatic heterocycles. The highest BCUT2D eigenvalue weighted by atomic mass is 79.9. The van der Waals surface area contributed by atoms with Gasteiger partial charge in [-0.25, -0.2) is 0 Å². The molecule has 0 radical (unpaired) electrons. The second-order valence-electron chi connectivity index (χ2n) is 1.89. The first kappa shape index (κ1) is 12.4. The summed E-state index contributed by atoms with van der Waals surface area (Å²) in [4.78, 5) is 0. The van der Waals surface area contributed by atoms with Crippen molar-refractivity contribution in [2.24, 2.45) is 0 Å². The molecule has 0 aromatic carbocycles. The standard InChI is InChI=1S/C6H10Br3OP/c1-2-3-4-10-6(7)5-11(8)9/h5H,2-4H2,1H3/b6-5+. The van der Waals surface area contributed by atoms with E-state index in [9.17, 15) is 0 Å². The first-order valence-electron chi connectivity index (χ1n) is 3.27. The molecule has 0 rings (SSSR count). The van der Waals surface area contributed by atoms with Crippen LogP contribution in [0.15, 0.2) is 10.5 Å². The van der Waals surface area contributed by atoms with Gasteiger partial charge in [0.05, 0.1) is 11.9 Å². The summed E-state index contributed by atoms with van der Waals surface area (Å²) in [5.41, 5.74) is 0. The lowest BCUT2D eigenvalue weighted by Crippen LogP contribution is -1.88. The van der Waals surface area contributed by atoms with Gasteiger partial charge in [-0.3, -0.25) is 0 Å². The third-order valence-electron chi connectivity index (χ3n) is 0.937. The molecular formula is C6H10Br3OP. The molecule has 1 nitrogen and oxygen atoms in total. The van der Waals surface area contributed by atoms with Gasteiger partial charge in [0.25, 0.3) is 0 Å². The van der Waals surface area contributed by atoms with Crippen molar-refractivity contribution in [1.29, 1.82) is 0 Å². The smallest absolute Gasteiger partial charge is 0.164 e. The van der Waals surface area contributed by atoms with Gasteiger partial charge < -0.3 is 4.74 Å². The Morgan fingerprint density at radius 2 is 2.18 bits per heavy atom. The zero-order valence-electron chi connectivity index (χ0n) is 6.19. The normalized spacial score (nSPS) is 12.3. The third-order valence-corrected chi connectivity index (χ3v) is 3.41. The van der Waals surface area contributed by atoms with Crippen LogP contribution >= 0.6 is 52.2 Å². The summed E-state index contributed by atoms with van der Waals surface area (Å²) >= 11 is 10.1. The van der Waals surface area contributed by atoms with Crippen molar-refractivity contribution < 1.29 is 4.74 Å². The summed E-state index contributed by atoms with van der Waals surface area (Å²) in [5, 5.41) is -0.370. The van der Waals surface area contributed by atoms with Gasteiger partial charge in [-0.2, -0.15) is 0 Å². The minimum absolute atomic E-state index is 0.370. The lowest BCUT2D eigenvalue weighted by Gasteiger charge is -2.02. The van der Waals surface area contributed by atoms with E-state index >= 15 is 0 Å². The van der Waals surface area contributed by atoms with E-state index < -0.39 is 0 Å². The van der Waals surface area contributed by atoms with Gasteiger partial charge >= 0.3 is 0 Å². The number of ether oxygens (including phenoxy) is 1. The molecule has 0 heterocycles.